The van der Waals surface area contributed by atoms with Gasteiger partial charge in [0, 0.05) is 27.9 Å². The minimum Gasteiger partial charge on any atom is -0.549 e. The summed E-state index contributed by atoms with van der Waals surface area (Å²) in [6.45, 7) is 8.87. The third-order valence-corrected chi connectivity index (χ3v) is 6.69. The predicted molar refractivity (Wildman–Crippen MR) is 96.7 cm³/mol. The van der Waals surface area contributed by atoms with E-state index in [0.29, 0.717) is 17.0 Å². The Morgan fingerprint density at radius 1 is 1.42 bits per heavy atom. The van der Waals surface area contributed by atoms with E-state index < -0.39 is 5.97 Å². The Bertz CT molecular complexity index is 786. The first-order chi connectivity index (χ1) is 11.2. The van der Waals surface area contributed by atoms with E-state index in [2.05, 4.69) is 32.7 Å². The zero-order chi connectivity index (χ0) is 17.5. The number of hydrogen-bond acceptors (Lipinski definition) is 8. The van der Waals surface area contributed by atoms with Crippen molar-refractivity contribution in [2.45, 2.75) is 61.8 Å². The minimum atomic E-state index is -1.09. The van der Waals surface area contributed by atoms with Crippen LogP contribution in [0.5, 0.6) is 0 Å². The van der Waals surface area contributed by atoms with Gasteiger partial charge in [-0.15, -0.1) is 11.3 Å². The van der Waals surface area contributed by atoms with Gasteiger partial charge in [-0.25, -0.2) is 9.97 Å². The highest BCUT2D eigenvalue weighted by atomic mass is 32.2. The van der Waals surface area contributed by atoms with Crippen molar-refractivity contribution in [1.29, 1.82) is 0 Å². The van der Waals surface area contributed by atoms with Crippen LogP contribution >= 0.6 is 34.9 Å². The molecule has 8 heteroatoms. The van der Waals surface area contributed by atoms with Crippen molar-refractivity contribution in [3.63, 3.8) is 0 Å². The Morgan fingerprint density at radius 2 is 2.17 bits per heavy atom. The van der Waals surface area contributed by atoms with Gasteiger partial charge in [0.1, 0.15) is 5.03 Å². The Kier molecular flexibility index (Phi) is 5.11. The molecule has 0 aromatic carbocycles. The molecule has 0 spiro atoms. The summed E-state index contributed by atoms with van der Waals surface area (Å²) in [6.07, 6.45) is 0.834. The van der Waals surface area contributed by atoms with Crippen LogP contribution < -0.4 is 5.11 Å². The van der Waals surface area contributed by atoms with Gasteiger partial charge in [0.05, 0.1) is 28.4 Å². The van der Waals surface area contributed by atoms with Crippen LogP contribution in [0, 0.1) is 0 Å². The van der Waals surface area contributed by atoms with Gasteiger partial charge < -0.3 is 14.6 Å². The smallest absolute Gasteiger partial charge is 0.189 e. The molecule has 0 aliphatic carbocycles. The highest BCUT2D eigenvalue weighted by Gasteiger charge is 2.30. The van der Waals surface area contributed by atoms with E-state index in [-0.39, 0.29) is 11.4 Å². The predicted octanol–water partition coefficient (Wildman–Crippen LogP) is 2.89. The molecule has 0 amide bonds. The van der Waals surface area contributed by atoms with E-state index in [1.807, 2.05) is 0 Å². The Labute approximate surface area is 153 Å². The fraction of sp³-hybridized carbons (Fsp3) is 0.562. The molecule has 0 atom stereocenters. The number of thioether (sulfide) groups is 2. The van der Waals surface area contributed by atoms with Crippen LogP contribution in [0.2, 0.25) is 0 Å². The van der Waals surface area contributed by atoms with Crippen molar-refractivity contribution < 1.29 is 14.6 Å². The van der Waals surface area contributed by atoms with Crippen molar-refractivity contribution >= 4 is 51.0 Å². The molecule has 5 nitrogen and oxygen atoms in total. The number of carbonyl (C=O) groups is 1. The SMILES string of the molecule is CC(C)Sc1nc(SCC(=O)[O-])c2sc3c(c2n1)COC(C)(C)C3. The van der Waals surface area contributed by atoms with Crippen LogP contribution in [-0.2, 0) is 22.6 Å². The summed E-state index contributed by atoms with van der Waals surface area (Å²) in [7, 11) is 0. The molecular formula is C16H19N2O3S3-. The summed E-state index contributed by atoms with van der Waals surface area (Å²) in [5, 5.41) is 12.6. The first-order valence-corrected chi connectivity index (χ1v) is 10.4. The molecule has 2 aromatic heterocycles. The average Bonchev–Trinajstić information content (AvgIpc) is 2.80. The number of aromatic nitrogens is 2. The summed E-state index contributed by atoms with van der Waals surface area (Å²) in [6, 6.07) is 0. The third-order valence-electron chi connectivity index (χ3n) is 3.52. The molecule has 1 aliphatic rings. The second kappa shape index (κ2) is 6.82. The van der Waals surface area contributed by atoms with Crippen LogP contribution in [0.15, 0.2) is 10.2 Å². The van der Waals surface area contributed by atoms with Gasteiger partial charge in [0.2, 0.25) is 0 Å². The summed E-state index contributed by atoms with van der Waals surface area (Å²) in [5.41, 5.74) is 1.84. The van der Waals surface area contributed by atoms with Gasteiger partial charge in [-0.2, -0.15) is 0 Å². The molecule has 0 radical (unpaired) electrons. The van der Waals surface area contributed by atoms with Crippen molar-refractivity contribution in [3.05, 3.63) is 10.4 Å². The maximum atomic E-state index is 10.9. The first kappa shape index (κ1) is 18.0. The number of fused-ring (bicyclic) bond motifs is 3. The topological polar surface area (TPSA) is 75.1 Å². The maximum Gasteiger partial charge on any atom is 0.189 e. The number of hydrogen-bond donors (Lipinski definition) is 0. The molecular weight excluding hydrogens is 364 g/mol. The highest BCUT2D eigenvalue weighted by molar-refractivity contribution is 8.00. The molecule has 3 rings (SSSR count). The maximum absolute atomic E-state index is 10.9. The molecule has 0 saturated carbocycles. The highest BCUT2D eigenvalue weighted by Crippen LogP contribution is 2.42. The summed E-state index contributed by atoms with van der Waals surface area (Å²) >= 11 is 4.45. The van der Waals surface area contributed by atoms with Crippen molar-refractivity contribution in [3.8, 4) is 0 Å². The van der Waals surface area contributed by atoms with E-state index in [1.165, 1.54) is 16.6 Å². The Balaban J connectivity index is 2.09. The molecule has 3 heterocycles. The molecule has 0 N–H and O–H groups in total. The summed E-state index contributed by atoms with van der Waals surface area (Å²) < 4.78 is 6.90. The van der Waals surface area contributed by atoms with Gasteiger partial charge in [-0.05, 0) is 13.8 Å². The standard InChI is InChI=1S/C16H20N2O3S3/c1-8(2)23-15-17-12-9-6-21-16(3,4)5-10(9)24-13(12)14(18-15)22-7-11(19)20/h8H,5-7H2,1-4H3,(H,19,20)/p-1. The lowest BCUT2D eigenvalue weighted by Gasteiger charge is -2.29. The van der Waals surface area contributed by atoms with Crippen molar-refractivity contribution in [1.82, 2.24) is 9.97 Å². The average molecular weight is 384 g/mol. The van der Waals surface area contributed by atoms with E-state index >= 15 is 0 Å². The normalized spacial score (nSPS) is 16.5. The molecule has 0 fully saturated rings. The quantitative estimate of drug-likeness (QED) is 0.446. The van der Waals surface area contributed by atoms with Crippen LogP contribution in [0.1, 0.15) is 38.1 Å². The largest absolute Gasteiger partial charge is 0.549 e. The minimum absolute atomic E-state index is 0.109. The Hall–Kier alpha value is -0.830. The van der Waals surface area contributed by atoms with Crippen LogP contribution in [0.25, 0.3) is 10.2 Å². The monoisotopic (exact) mass is 383 g/mol. The fourth-order valence-corrected chi connectivity index (χ4v) is 5.56. The molecule has 24 heavy (non-hydrogen) atoms. The van der Waals surface area contributed by atoms with Gasteiger partial charge in [0.15, 0.2) is 5.16 Å². The van der Waals surface area contributed by atoms with E-state index in [4.69, 9.17) is 9.72 Å². The van der Waals surface area contributed by atoms with E-state index in [9.17, 15) is 9.90 Å². The molecule has 0 unspecified atom stereocenters. The van der Waals surface area contributed by atoms with Gasteiger partial charge in [0.25, 0.3) is 0 Å². The second-order valence-corrected chi connectivity index (χ2v) is 10.2. The first-order valence-electron chi connectivity index (χ1n) is 7.71. The van der Waals surface area contributed by atoms with Gasteiger partial charge in [-0.1, -0.05) is 37.4 Å². The number of carboxylic acid groups (broad SMARTS) is 1. The van der Waals surface area contributed by atoms with Crippen LogP contribution in [0.4, 0.5) is 0 Å². The van der Waals surface area contributed by atoms with Crippen LogP contribution in [0.3, 0.4) is 0 Å². The third kappa shape index (κ3) is 3.87. The van der Waals surface area contributed by atoms with E-state index in [0.717, 1.165) is 27.2 Å². The molecule has 130 valence electrons. The zero-order valence-electron chi connectivity index (χ0n) is 14.0. The van der Waals surface area contributed by atoms with Gasteiger partial charge in [-0.3, -0.25) is 0 Å². The lowest BCUT2D eigenvalue weighted by Crippen LogP contribution is -2.30. The van der Waals surface area contributed by atoms with Gasteiger partial charge >= 0.3 is 0 Å². The fourth-order valence-electron chi connectivity index (χ4n) is 2.51. The number of carbonyl (C=O) groups excluding carboxylic acids is 1. The number of ether oxygens (including phenoxy) is 1. The molecule has 0 saturated heterocycles. The Morgan fingerprint density at radius 3 is 2.83 bits per heavy atom. The summed E-state index contributed by atoms with van der Waals surface area (Å²) in [4.78, 5) is 21.4. The van der Waals surface area contributed by atoms with Crippen molar-refractivity contribution in [2.75, 3.05) is 5.75 Å². The van der Waals surface area contributed by atoms with E-state index in [1.54, 1.807) is 23.1 Å². The number of aliphatic carboxylic acids is 1. The summed E-state index contributed by atoms with van der Waals surface area (Å²) in [5.74, 6) is -1.20. The second-order valence-electron chi connectivity index (χ2n) is 6.55. The zero-order valence-corrected chi connectivity index (χ0v) is 16.5. The van der Waals surface area contributed by atoms with Crippen molar-refractivity contribution in [2.24, 2.45) is 0 Å². The number of rotatable bonds is 5. The molecule has 2 aromatic rings. The number of nitrogens with zero attached hydrogens (tertiary/aromatic N) is 2. The molecule has 1 aliphatic heterocycles. The number of carboxylic acids is 1. The molecule has 0 bridgehead atoms. The lowest BCUT2D eigenvalue weighted by molar-refractivity contribution is -0.301. The lowest BCUT2D eigenvalue weighted by atomic mass is 9.98. The van der Waals surface area contributed by atoms with Crippen LogP contribution in [-0.4, -0.2) is 32.5 Å². The number of thiophene rings is 1.